The second kappa shape index (κ2) is 4.36. The van der Waals surface area contributed by atoms with E-state index in [1.807, 2.05) is 0 Å². The normalized spacial score (nSPS) is 24.1. The predicted octanol–water partition coefficient (Wildman–Crippen LogP) is -0.439. The molecular formula is C7H16N2O3S. The van der Waals surface area contributed by atoms with Crippen molar-refractivity contribution in [1.29, 1.82) is 0 Å². The van der Waals surface area contributed by atoms with Crippen LogP contribution < -0.4 is 4.72 Å². The van der Waals surface area contributed by atoms with Gasteiger partial charge in [0.15, 0.2) is 0 Å². The molecule has 0 aromatic heterocycles. The van der Waals surface area contributed by atoms with E-state index in [2.05, 4.69) is 4.72 Å². The Labute approximate surface area is 79.2 Å². The maximum atomic E-state index is 11.2. The molecule has 1 heterocycles. The SMILES string of the molecule is CN(C)S(=O)(=O)NC[C@H]1CCCO1. The van der Waals surface area contributed by atoms with Crippen molar-refractivity contribution in [3.8, 4) is 0 Å². The zero-order valence-corrected chi connectivity index (χ0v) is 8.80. The Hall–Kier alpha value is -0.170. The van der Waals surface area contributed by atoms with Crippen LogP contribution in [0.5, 0.6) is 0 Å². The summed E-state index contributed by atoms with van der Waals surface area (Å²) in [6.45, 7) is 1.12. The monoisotopic (exact) mass is 208 g/mol. The Balaban J connectivity index is 2.33. The van der Waals surface area contributed by atoms with Gasteiger partial charge in [-0.15, -0.1) is 0 Å². The molecule has 0 aliphatic carbocycles. The molecule has 78 valence electrons. The third kappa shape index (κ3) is 3.22. The summed E-state index contributed by atoms with van der Waals surface area (Å²) in [4.78, 5) is 0. The van der Waals surface area contributed by atoms with Gasteiger partial charge in [-0.05, 0) is 12.8 Å². The van der Waals surface area contributed by atoms with Crippen molar-refractivity contribution in [3.63, 3.8) is 0 Å². The van der Waals surface area contributed by atoms with Crippen LogP contribution in [0, 0.1) is 0 Å². The Morgan fingerprint density at radius 3 is 2.69 bits per heavy atom. The first-order chi connectivity index (χ1) is 6.02. The van der Waals surface area contributed by atoms with Crippen molar-refractivity contribution < 1.29 is 13.2 Å². The Kier molecular flexibility index (Phi) is 3.66. The zero-order valence-electron chi connectivity index (χ0n) is 7.99. The highest BCUT2D eigenvalue weighted by molar-refractivity contribution is 7.87. The quantitative estimate of drug-likeness (QED) is 0.681. The van der Waals surface area contributed by atoms with Crippen LogP contribution in [0.25, 0.3) is 0 Å². The van der Waals surface area contributed by atoms with Crippen molar-refractivity contribution in [2.45, 2.75) is 18.9 Å². The minimum atomic E-state index is -3.28. The van der Waals surface area contributed by atoms with Crippen LogP contribution in [0.2, 0.25) is 0 Å². The van der Waals surface area contributed by atoms with Crippen molar-refractivity contribution >= 4 is 10.2 Å². The molecule has 0 saturated carbocycles. The Bertz CT molecular complexity index is 244. The molecule has 1 aliphatic heterocycles. The fourth-order valence-corrected chi connectivity index (χ4v) is 1.79. The number of ether oxygens (including phenoxy) is 1. The first kappa shape index (κ1) is 10.9. The van der Waals surface area contributed by atoms with Gasteiger partial charge in [0.25, 0.3) is 10.2 Å². The second-order valence-corrected chi connectivity index (χ2v) is 5.24. The molecule has 1 atom stereocenters. The molecule has 0 aromatic rings. The van der Waals surface area contributed by atoms with Crippen LogP contribution in [0.1, 0.15) is 12.8 Å². The van der Waals surface area contributed by atoms with Crippen molar-refractivity contribution in [3.05, 3.63) is 0 Å². The predicted molar refractivity (Wildman–Crippen MR) is 49.6 cm³/mol. The summed E-state index contributed by atoms with van der Waals surface area (Å²) >= 11 is 0. The summed E-state index contributed by atoms with van der Waals surface area (Å²) in [6.07, 6.45) is 2.01. The van der Waals surface area contributed by atoms with Gasteiger partial charge in [0, 0.05) is 27.2 Å². The maximum absolute atomic E-state index is 11.2. The van der Waals surface area contributed by atoms with Gasteiger partial charge in [-0.2, -0.15) is 17.4 Å². The molecule has 0 unspecified atom stereocenters. The van der Waals surface area contributed by atoms with Gasteiger partial charge in [0.2, 0.25) is 0 Å². The molecule has 0 amide bonds. The van der Waals surface area contributed by atoms with Crippen LogP contribution in [-0.2, 0) is 14.9 Å². The first-order valence-electron chi connectivity index (χ1n) is 4.31. The molecule has 13 heavy (non-hydrogen) atoms. The molecule has 0 spiro atoms. The summed E-state index contributed by atoms with van der Waals surface area (Å²) in [7, 11) is -0.287. The first-order valence-corrected chi connectivity index (χ1v) is 5.75. The van der Waals surface area contributed by atoms with E-state index in [4.69, 9.17) is 4.74 Å². The van der Waals surface area contributed by atoms with Crippen molar-refractivity contribution in [2.75, 3.05) is 27.2 Å². The third-order valence-corrected chi connectivity index (χ3v) is 3.49. The molecule has 0 aromatic carbocycles. The van der Waals surface area contributed by atoms with E-state index >= 15 is 0 Å². The highest BCUT2D eigenvalue weighted by Gasteiger charge is 2.19. The van der Waals surface area contributed by atoms with Crippen LogP contribution >= 0.6 is 0 Å². The second-order valence-electron chi connectivity index (χ2n) is 3.27. The summed E-state index contributed by atoms with van der Waals surface area (Å²) in [5, 5.41) is 0. The van der Waals surface area contributed by atoms with E-state index in [1.54, 1.807) is 0 Å². The highest BCUT2D eigenvalue weighted by atomic mass is 32.2. The molecule has 1 aliphatic rings. The molecule has 1 rings (SSSR count). The summed E-state index contributed by atoms with van der Waals surface area (Å²) in [5.74, 6) is 0. The number of nitrogens with zero attached hydrogens (tertiary/aromatic N) is 1. The lowest BCUT2D eigenvalue weighted by atomic mass is 10.2. The molecular weight excluding hydrogens is 192 g/mol. The van der Waals surface area contributed by atoms with Crippen LogP contribution in [-0.4, -0.2) is 46.1 Å². The average Bonchev–Trinajstić information content (AvgIpc) is 2.52. The topological polar surface area (TPSA) is 58.6 Å². The fraction of sp³-hybridized carbons (Fsp3) is 1.00. The smallest absolute Gasteiger partial charge is 0.279 e. The van der Waals surface area contributed by atoms with Gasteiger partial charge in [0.1, 0.15) is 0 Å². The summed E-state index contributed by atoms with van der Waals surface area (Å²) in [5.41, 5.74) is 0. The van der Waals surface area contributed by atoms with Crippen LogP contribution in [0.3, 0.4) is 0 Å². The standard InChI is InChI=1S/C7H16N2O3S/c1-9(2)13(10,11)8-6-7-4-3-5-12-7/h7-8H,3-6H2,1-2H3/t7-/m1/s1. The van der Waals surface area contributed by atoms with Crippen molar-refractivity contribution in [2.24, 2.45) is 0 Å². The molecule has 1 N–H and O–H groups in total. The van der Waals surface area contributed by atoms with E-state index in [0.29, 0.717) is 6.54 Å². The number of nitrogens with one attached hydrogen (secondary N) is 1. The lowest BCUT2D eigenvalue weighted by molar-refractivity contribution is 0.114. The number of hydrogen-bond donors (Lipinski definition) is 1. The van der Waals surface area contributed by atoms with Gasteiger partial charge in [-0.25, -0.2) is 0 Å². The average molecular weight is 208 g/mol. The largest absolute Gasteiger partial charge is 0.377 e. The van der Waals surface area contributed by atoms with Gasteiger partial charge in [-0.3, -0.25) is 0 Å². The zero-order chi connectivity index (χ0) is 9.90. The third-order valence-electron chi connectivity index (χ3n) is 2.00. The Morgan fingerprint density at radius 1 is 1.54 bits per heavy atom. The Morgan fingerprint density at radius 2 is 2.23 bits per heavy atom. The fourth-order valence-electron chi connectivity index (χ4n) is 1.13. The van der Waals surface area contributed by atoms with E-state index in [-0.39, 0.29) is 6.10 Å². The molecule has 1 fully saturated rings. The lowest BCUT2D eigenvalue weighted by Crippen LogP contribution is -2.39. The van der Waals surface area contributed by atoms with E-state index in [9.17, 15) is 8.42 Å². The number of hydrogen-bond acceptors (Lipinski definition) is 3. The van der Waals surface area contributed by atoms with Crippen LogP contribution in [0.15, 0.2) is 0 Å². The molecule has 6 heteroatoms. The lowest BCUT2D eigenvalue weighted by Gasteiger charge is -2.14. The van der Waals surface area contributed by atoms with Gasteiger partial charge < -0.3 is 4.74 Å². The van der Waals surface area contributed by atoms with Crippen molar-refractivity contribution in [1.82, 2.24) is 9.03 Å². The minimum Gasteiger partial charge on any atom is -0.377 e. The number of rotatable bonds is 4. The van der Waals surface area contributed by atoms with Gasteiger partial charge in [-0.1, -0.05) is 0 Å². The van der Waals surface area contributed by atoms with Crippen LogP contribution in [0.4, 0.5) is 0 Å². The maximum Gasteiger partial charge on any atom is 0.279 e. The van der Waals surface area contributed by atoms with E-state index < -0.39 is 10.2 Å². The highest BCUT2D eigenvalue weighted by Crippen LogP contribution is 2.10. The molecule has 5 nitrogen and oxygen atoms in total. The minimum absolute atomic E-state index is 0.0507. The summed E-state index contributed by atoms with van der Waals surface area (Å²) in [6, 6.07) is 0. The molecule has 0 radical (unpaired) electrons. The molecule has 0 bridgehead atoms. The summed E-state index contributed by atoms with van der Waals surface area (Å²) < 4.78 is 31.4. The van der Waals surface area contributed by atoms with E-state index in [0.717, 1.165) is 23.8 Å². The van der Waals surface area contributed by atoms with Gasteiger partial charge in [0.05, 0.1) is 6.10 Å². The van der Waals surface area contributed by atoms with Gasteiger partial charge >= 0.3 is 0 Å². The molecule has 1 saturated heterocycles. The van der Waals surface area contributed by atoms with E-state index in [1.165, 1.54) is 14.1 Å².